The Kier molecular flexibility index (Phi) is 7.16. The average Bonchev–Trinajstić information content (AvgIpc) is 3.02. The zero-order valence-electron chi connectivity index (χ0n) is 17.0. The number of benzene rings is 1. The second kappa shape index (κ2) is 9.61. The number of hydrogen-bond donors (Lipinski definition) is 1. The molecule has 0 bridgehead atoms. The quantitative estimate of drug-likeness (QED) is 0.699. The number of ether oxygens (including phenoxy) is 1. The van der Waals surface area contributed by atoms with E-state index in [4.69, 9.17) is 16.3 Å². The topological polar surface area (TPSA) is 61.9 Å². The fourth-order valence-electron chi connectivity index (χ4n) is 3.62. The highest BCUT2D eigenvalue weighted by atomic mass is 35.5. The van der Waals surface area contributed by atoms with Crippen LogP contribution in [0.1, 0.15) is 27.7 Å². The molecule has 2 aromatic rings. The highest BCUT2D eigenvalue weighted by molar-refractivity contribution is 7.16. The van der Waals surface area contributed by atoms with Gasteiger partial charge in [-0.2, -0.15) is 0 Å². The molecule has 1 saturated heterocycles. The van der Waals surface area contributed by atoms with Crippen molar-refractivity contribution in [3.8, 4) is 0 Å². The molecule has 0 unspecified atom stereocenters. The van der Waals surface area contributed by atoms with Crippen molar-refractivity contribution >= 4 is 45.5 Å². The Morgan fingerprint density at radius 2 is 1.97 bits per heavy atom. The molecule has 6 nitrogen and oxygen atoms in total. The van der Waals surface area contributed by atoms with Gasteiger partial charge in [-0.3, -0.25) is 9.69 Å². The Hall–Kier alpha value is -2.09. The number of nitrogens with one attached hydrogen (secondary N) is 1. The number of thiophene rings is 1. The number of halogens is 1. The van der Waals surface area contributed by atoms with Gasteiger partial charge in [0, 0.05) is 41.8 Å². The van der Waals surface area contributed by atoms with Crippen molar-refractivity contribution in [1.82, 2.24) is 4.90 Å². The lowest BCUT2D eigenvalue weighted by Crippen LogP contribution is -2.48. The second-order valence-electron chi connectivity index (χ2n) is 6.98. The molecular formula is C21H26ClN3O3S. The number of carbonyl (C=O) groups excluding carboxylic acids is 2. The molecule has 0 spiro atoms. The largest absolute Gasteiger partial charge is 0.465 e. The smallest absolute Gasteiger partial charge is 0.341 e. The van der Waals surface area contributed by atoms with E-state index in [0.717, 1.165) is 47.3 Å². The van der Waals surface area contributed by atoms with E-state index in [9.17, 15) is 9.59 Å². The summed E-state index contributed by atoms with van der Waals surface area (Å²) < 4.78 is 4.92. The molecule has 1 aromatic heterocycles. The van der Waals surface area contributed by atoms with Gasteiger partial charge >= 0.3 is 5.97 Å². The van der Waals surface area contributed by atoms with Crippen LogP contribution in [-0.4, -0.2) is 56.6 Å². The molecule has 2 heterocycles. The van der Waals surface area contributed by atoms with Crippen LogP contribution < -0.4 is 10.2 Å². The zero-order chi connectivity index (χ0) is 21.0. The van der Waals surface area contributed by atoms with Crippen LogP contribution in [0.4, 0.5) is 10.7 Å². The molecule has 8 heteroatoms. The number of esters is 1. The normalized spacial score (nSPS) is 14.7. The summed E-state index contributed by atoms with van der Waals surface area (Å²) in [4.78, 5) is 30.2. The molecule has 1 N–H and O–H groups in total. The van der Waals surface area contributed by atoms with Crippen molar-refractivity contribution in [2.24, 2.45) is 0 Å². The fourth-order valence-corrected chi connectivity index (χ4v) is 4.95. The molecule has 0 aliphatic carbocycles. The van der Waals surface area contributed by atoms with Gasteiger partial charge in [-0.05, 0) is 37.1 Å². The highest BCUT2D eigenvalue weighted by Gasteiger charge is 2.24. The summed E-state index contributed by atoms with van der Waals surface area (Å²) >= 11 is 7.51. The number of anilines is 2. The molecule has 1 fully saturated rings. The van der Waals surface area contributed by atoms with Gasteiger partial charge in [0.1, 0.15) is 5.00 Å². The van der Waals surface area contributed by atoms with Crippen molar-refractivity contribution in [1.29, 1.82) is 0 Å². The maximum absolute atomic E-state index is 12.6. The number of nitrogens with zero attached hydrogens (tertiary/aromatic N) is 2. The third kappa shape index (κ3) is 5.10. The van der Waals surface area contributed by atoms with Crippen LogP contribution in [0, 0.1) is 6.92 Å². The predicted molar refractivity (Wildman–Crippen MR) is 119 cm³/mol. The lowest BCUT2D eigenvalue weighted by molar-refractivity contribution is -0.117. The molecule has 1 aliphatic heterocycles. The van der Waals surface area contributed by atoms with Crippen LogP contribution in [0.3, 0.4) is 0 Å². The fraction of sp³-hybridized carbons (Fsp3) is 0.429. The summed E-state index contributed by atoms with van der Waals surface area (Å²) in [5.41, 5.74) is 2.52. The van der Waals surface area contributed by atoms with Gasteiger partial charge in [-0.25, -0.2) is 4.79 Å². The first-order chi connectivity index (χ1) is 13.9. The molecule has 3 rings (SSSR count). The maximum Gasteiger partial charge on any atom is 0.341 e. The van der Waals surface area contributed by atoms with Gasteiger partial charge in [0.05, 0.1) is 19.2 Å². The minimum atomic E-state index is -0.406. The molecular weight excluding hydrogens is 410 g/mol. The number of methoxy groups -OCH3 is 1. The predicted octanol–water partition coefficient (Wildman–Crippen LogP) is 3.82. The Morgan fingerprint density at radius 3 is 2.59 bits per heavy atom. The summed E-state index contributed by atoms with van der Waals surface area (Å²) in [6.07, 6.45) is 0.716. The van der Waals surface area contributed by atoms with Crippen molar-refractivity contribution in [2.75, 3.05) is 50.1 Å². The van der Waals surface area contributed by atoms with Crippen LogP contribution in [0.2, 0.25) is 5.02 Å². The number of rotatable bonds is 6. The van der Waals surface area contributed by atoms with Crippen molar-refractivity contribution in [3.05, 3.63) is 45.3 Å². The van der Waals surface area contributed by atoms with Crippen LogP contribution >= 0.6 is 22.9 Å². The molecule has 156 valence electrons. The highest BCUT2D eigenvalue weighted by Crippen LogP contribution is 2.34. The molecule has 1 amide bonds. The molecule has 0 radical (unpaired) electrons. The standard InChI is InChI=1S/C21H26ClN3O3S/c1-4-17-14(2)29-20(19(17)21(27)28-3)23-18(26)13-24-8-10-25(11-9-24)16-7-5-6-15(22)12-16/h5-7,12H,4,8-11,13H2,1-3H3,(H,23,26). The van der Waals surface area contributed by atoms with Gasteiger partial charge in [-0.15, -0.1) is 11.3 Å². The van der Waals surface area contributed by atoms with Crippen molar-refractivity contribution in [2.45, 2.75) is 20.3 Å². The second-order valence-corrected chi connectivity index (χ2v) is 8.64. The minimum Gasteiger partial charge on any atom is -0.465 e. The average molecular weight is 436 g/mol. The van der Waals surface area contributed by atoms with Crippen molar-refractivity contribution < 1.29 is 14.3 Å². The maximum atomic E-state index is 12.6. The Morgan fingerprint density at radius 1 is 1.24 bits per heavy atom. The number of hydrogen-bond acceptors (Lipinski definition) is 6. The number of amides is 1. The Balaban J connectivity index is 1.59. The number of carbonyl (C=O) groups is 2. The summed E-state index contributed by atoms with van der Waals surface area (Å²) in [6, 6.07) is 7.82. The first-order valence-corrected chi connectivity index (χ1v) is 10.9. The van der Waals surface area contributed by atoms with Gasteiger partial charge < -0.3 is 15.0 Å². The monoisotopic (exact) mass is 435 g/mol. The Bertz CT molecular complexity index is 891. The zero-order valence-corrected chi connectivity index (χ0v) is 18.5. The van der Waals surface area contributed by atoms with E-state index < -0.39 is 5.97 Å². The van der Waals surface area contributed by atoms with Gasteiger partial charge in [-0.1, -0.05) is 24.6 Å². The lowest BCUT2D eigenvalue weighted by Gasteiger charge is -2.35. The minimum absolute atomic E-state index is 0.115. The molecule has 0 atom stereocenters. The van der Waals surface area contributed by atoms with Gasteiger partial charge in [0.15, 0.2) is 0 Å². The van der Waals surface area contributed by atoms with Gasteiger partial charge in [0.25, 0.3) is 0 Å². The summed E-state index contributed by atoms with van der Waals surface area (Å²) in [7, 11) is 1.36. The third-order valence-corrected chi connectivity index (χ3v) is 6.42. The molecule has 1 aliphatic rings. The summed E-state index contributed by atoms with van der Waals surface area (Å²) in [5, 5.41) is 4.23. The summed E-state index contributed by atoms with van der Waals surface area (Å²) in [5.74, 6) is -0.521. The number of aryl methyl sites for hydroxylation is 1. The molecule has 0 saturated carbocycles. The van der Waals surface area contributed by atoms with E-state index >= 15 is 0 Å². The van der Waals surface area contributed by atoms with E-state index in [1.54, 1.807) is 0 Å². The van der Waals surface area contributed by atoms with E-state index in [0.29, 0.717) is 23.5 Å². The van der Waals surface area contributed by atoms with Crippen LogP contribution in [0.5, 0.6) is 0 Å². The molecule has 1 aromatic carbocycles. The Labute approximate surface area is 180 Å². The van der Waals surface area contributed by atoms with Crippen LogP contribution in [-0.2, 0) is 16.0 Å². The summed E-state index contributed by atoms with van der Waals surface area (Å²) in [6.45, 7) is 7.48. The lowest BCUT2D eigenvalue weighted by atomic mass is 10.1. The van der Waals surface area contributed by atoms with Crippen LogP contribution in [0.15, 0.2) is 24.3 Å². The van der Waals surface area contributed by atoms with E-state index in [2.05, 4.69) is 15.1 Å². The first kappa shape index (κ1) is 21.6. The first-order valence-electron chi connectivity index (χ1n) is 9.66. The number of piperazine rings is 1. The van der Waals surface area contributed by atoms with E-state index in [1.165, 1.54) is 18.4 Å². The third-order valence-electron chi connectivity index (χ3n) is 5.12. The van der Waals surface area contributed by atoms with E-state index in [-0.39, 0.29) is 5.91 Å². The molecule has 29 heavy (non-hydrogen) atoms. The van der Waals surface area contributed by atoms with Crippen molar-refractivity contribution in [3.63, 3.8) is 0 Å². The van der Waals surface area contributed by atoms with E-state index in [1.807, 2.05) is 38.1 Å². The van der Waals surface area contributed by atoms with Gasteiger partial charge in [0.2, 0.25) is 5.91 Å². The van der Waals surface area contributed by atoms with Crippen LogP contribution in [0.25, 0.3) is 0 Å². The SMILES string of the molecule is CCc1c(C)sc(NC(=O)CN2CCN(c3cccc(Cl)c3)CC2)c1C(=O)OC.